The van der Waals surface area contributed by atoms with E-state index >= 15 is 0 Å². The topological polar surface area (TPSA) is 77.6 Å². The standard InChI is InChI=1S/C26H31N3O3/c1-16-13-24(32-2)21(19-10-11-27-25(16)19)15-29-12-4-3-5-23(29)20-9-6-17(26(30)31)14-22(20)28-18-7-8-18/h6,9-11,13-14,18,23,27-28H,3-5,7-8,12,15H2,1-2H3,(H,30,31)/t23-/m1/s1. The third-order valence-corrected chi connectivity index (χ3v) is 6.90. The van der Waals surface area contributed by atoms with Gasteiger partial charge in [0, 0.05) is 47.0 Å². The van der Waals surface area contributed by atoms with Crippen LogP contribution in [0.5, 0.6) is 5.75 Å². The van der Waals surface area contributed by atoms with Crippen LogP contribution in [0.4, 0.5) is 5.69 Å². The molecule has 6 nitrogen and oxygen atoms in total. The van der Waals surface area contributed by atoms with Crippen molar-refractivity contribution in [3.05, 3.63) is 58.8 Å². The molecule has 6 heteroatoms. The Kier molecular flexibility index (Phi) is 5.55. The lowest BCUT2D eigenvalue weighted by Gasteiger charge is -2.37. The van der Waals surface area contributed by atoms with Crippen molar-refractivity contribution in [1.82, 2.24) is 9.88 Å². The van der Waals surface area contributed by atoms with Gasteiger partial charge in [0.05, 0.1) is 12.7 Å². The summed E-state index contributed by atoms with van der Waals surface area (Å²) in [6, 6.07) is 10.6. The van der Waals surface area contributed by atoms with E-state index in [9.17, 15) is 9.90 Å². The number of carboxylic acid groups (broad SMARTS) is 1. The minimum atomic E-state index is -0.880. The van der Waals surface area contributed by atoms with E-state index in [-0.39, 0.29) is 6.04 Å². The lowest BCUT2D eigenvalue weighted by Crippen LogP contribution is -2.33. The van der Waals surface area contributed by atoms with Crippen molar-refractivity contribution in [3.63, 3.8) is 0 Å². The number of hydrogen-bond donors (Lipinski definition) is 3. The average molecular weight is 434 g/mol. The number of piperidine rings is 1. The van der Waals surface area contributed by atoms with Crippen LogP contribution in [0.1, 0.15) is 65.2 Å². The van der Waals surface area contributed by atoms with E-state index < -0.39 is 5.97 Å². The molecule has 1 aliphatic carbocycles. The van der Waals surface area contributed by atoms with Gasteiger partial charge in [0.2, 0.25) is 0 Å². The number of anilines is 1. The molecule has 1 saturated carbocycles. The summed E-state index contributed by atoms with van der Waals surface area (Å²) in [5.41, 5.74) is 6.08. The number of carbonyl (C=O) groups is 1. The number of hydrogen-bond acceptors (Lipinski definition) is 4. The number of aryl methyl sites for hydroxylation is 1. The normalized spacial score (nSPS) is 19.2. The Morgan fingerprint density at radius 2 is 2.06 bits per heavy atom. The molecule has 0 spiro atoms. The van der Waals surface area contributed by atoms with Crippen molar-refractivity contribution in [2.24, 2.45) is 0 Å². The molecule has 0 amide bonds. The molecule has 1 saturated heterocycles. The van der Waals surface area contributed by atoms with E-state index in [4.69, 9.17) is 4.74 Å². The van der Waals surface area contributed by atoms with E-state index in [0.29, 0.717) is 11.6 Å². The molecular weight excluding hydrogens is 402 g/mol. The first-order valence-corrected chi connectivity index (χ1v) is 11.6. The van der Waals surface area contributed by atoms with Gasteiger partial charge in [-0.2, -0.15) is 0 Å². The molecule has 5 rings (SSSR count). The zero-order valence-electron chi connectivity index (χ0n) is 18.8. The smallest absolute Gasteiger partial charge is 0.335 e. The molecule has 2 aliphatic rings. The van der Waals surface area contributed by atoms with Gasteiger partial charge in [-0.15, -0.1) is 0 Å². The molecule has 2 heterocycles. The molecule has 1 aromatic heterocycles. The van der Waals surface area contributed by atoms with Gasteiger partial charge in [-0.25, -0.2) is 4.79 Å². The van der Waals surface area contributed by atoms with Crippen LogP contribution in [0.25, 0.3) is 10.9 Å². The average Bonchev–Trinajstić information content (AvgIpc) is 3.47. The number of nitrogens with zero attached hydrogens (tertiary/aromatic N) is 1. The van der Waals surface area contributed by atoms with E-state index in [1.807, 2.05) is 18.3 Å². The molecule has 3 N–H and O–H groups in total. The summed E-state index contributed by atoms with van der Waals surface area (Å²) in [7, 11) is 1.74. The van der Waals surface area contributed by atoms with Crippen molar-refractivity contribution in [2.75, 3.05) is 19.0 Å². The number of benzene rings is 2. The van der Waals surface area contributed by atoms with Gasteiger partial charge in [-0.1, -0.05) is 12.5 Å². The van der Waals surface area contributed by atoms with Crippen LogP contribution >= 0.6 is 0 Å². The number of likely N-dealkylation sites (tertiary alicyclic amines) is 1. The van der Waals surface area contributed by atoms with Gasteiger partial charge in [0.1, 0.15) is 5.75 Å². The molecule has 2 aromatic carbocycles. The SMILES string of the molecule is COc1cc(C)c2[nH]ccc2c1CN1CCCC[C@@H]1c1ccc(C(=O)O)cc1NC1CC1. The lowest BCUT2D eigenvalue weighted by atomic mass is 9.92. The molecule has 2 fully saturated rings. The fourth-order valence-corrected chi connectivity index (χ4v) is 5.07. The number of carboxylic acids is 1. The quantitative estimate of drug-likeness (QED) is 0.460. The predicted molar refractivity (Wildman–Crippen MR) is 127 cm³/mol. The van der Waals surface area contributed by atoms with Crippen LogP contribution < -0.4 is 10.1 Å². The van der Waals surface area contributed by atoms with Crippen LogP contribution in [-0.4, -0.2) is 40.7 Å². The predicted octanol–water partition coefficient (Wildman–Crippen LogP) is 5.48. The van der Waals surface area contributed by atoms with Crippen LogP contribution in [0, 0.1) is 6.92 Å². The van der Waals surface area contributed by atoms with E-state index in [1.165, 1.54) is 34.9 Å². The van der Waals surface area contributed by atoms with Crippen LogP contribution in [-0.2, 0) is 6.54 Å². The van der Waals surface area contributed by atoms with E-state index in [1.54, 1.807) is 13.2 Å². The first kappa shape index (κ1) is 20.9. The summed E-state index contributed by atoms with van der Waals surface area (Å²) in [4.78, 5) is 17.5. The van der Waals surface area contributed by atoms with Crippen LogP contribution in [0.2, 0.25) is 0 Å². The maximum atomic E-state index is 11.6. The summed E-state index contributed by atoms with van der Waals surface area (Å²) < 4.78 is 5.79. The number of nitrogens with one attached hydrogen (secondary N) is 2. The molecule has 0 unspecified atom stereocenters. The minimum Gasteiger partial charge on any atom is -0.496 e. The Hall–Kier alpha value is -2.99. The van der Waals surface area contributed by atoms with Crippen molar-refractivity contribution in [3.8, 4) is 5.75 Å². The summed E-state index contributed by atoms with van der Waals surface area (Å²) in [6.45, 7) is 3.91. The van der Waals surface area contributed by atoms with Crippen LogP contribution in [0.3, 0.4) is 0 Å². The molecule has 0 bridgehead atoms. The van der Waals surface area contributed by atoms with Crippen molar-refractivity contribution in [1.29, 1.82) is 0 Å². The molecule has 0 radical (unpaired) electrons. The van der Waals surface area contributed by atoms with Gasteiger partial charge >= 0.3 is 5.97 Å². The van der Waals surface area contributed by atoms with E-state index in [0.717, 1.165) is 49.3 Å². The third kappa shape index (κ3) is 3.95. The zero-order valence-corrected chi connectivity index (χ0v) is 18.8. The highest BCUT2D eigenvalue weighted by Gasteiger charge is 2.30. The van der Waals surface area contributed by atoms with Gasteiger partial charge in [-0.05, 0) is 74.5 Å². The molecule has 1 atom stereocenters. The first-order chi connectivity index (χ1) is 15.5. The Morgan fingerprint density at radius 3 is 2.81 bits per heavy atom. The summed E-state index contributed by atoms with van der Waals surface area (Å²) in [6.07, 6.45) is 7.70. The Labute approximate surface area is 188 Å². The zero-order chi connectivity index (χ0) is 22.2. The fraction of sp³-hybridized carbons (Fsp3) is 0.423. The lowest BCUT2D eigenvalue weighted by molar-refractivity contribution is 0.0696. The van der Waals surface area contributed by atoms with Gasteiger partial charge in [0.15, 0.2) is 0 Å². The highest BCUT2D eigenvalue weighted by Crippen LogP contribution is 2.40. The maximum absolute atomic E-state index is 11.6. The fourth-order valence-electron chi connectivity index (χ4n) is 5.07. The molecule has 3 aromatic rings. The summed E-state index contributed by atoms with van der Waals surface area (Å²) >= 11 is 0. The minimum absolute atomic E-state index is 0.243. The number of aromatic nitrogens is 1. The monoisotopic (exact) mass is 433 g/mol. The number of aromatic carboxylic acids is 1. The Morgan fingerprint density at radius 1 is 1.22 bits per heavy atom. The molecular formula is C26H31N3O3. The van der Waals surface area contributed by atoms with Gasteiger partial charge < -0.3 is 20.1 Å². The van der Waals surface area contributed by atoms with Crippen molar-refractivity contribution in [2.45, 2.75) is 57.7 Å². The maximum Gasteiger partial charge on any atom is 0.335 e. The number of aromatic amines is 1. The second-order valence-corrected chi connectivity index (χ2v) is 9.15. The van der Waals surface area contributed by atoms with Crippen molar-refractivity contribution < 1.29 is 14.6 Å². The van der Waals surface area contributed by atoms with Crippen molar-refractivity contribution >= 4 is 22.6 Å². The number of fused-ring (bicyclic) bond motifs is 1. The molecule has 32 heavy (non-hydrogen) atoms. The van der Waals surface area contributed by atoms with Gasteiger partial charge in [-0.3, -0.25) is 4.90 Å². The highest BCUT2D eigenvalue weighted by atomic mass is 16.5. The summed E-state index contributed by atoms with van der Waals surface area (Å²) in [5.74, 6) is 0.0478. The Bertz CT molecular complexity index is 1150. The Balaban J connectivity index is 1.52. The number of rotatable bonds is 7. The number of methoxy groups -OCH3 is 1. The second-order valence-electron chi connectivity index (χ2n) is 9.15. The number of H-pyrrole nitrogens is 1. The number of ether oxygens (including phenoxy) is 1. The largest absolute Gasteiger partial charge is 0.496 e. The van der Waals surface area contributed by atoms with E-state index in [2.05, 4.69) is 34.3 Å². The molecule has 1 aliphatic heterocycles. The van der Waals surface area contributed by atoms with Gasteiger partial charge in [0.25, 0.3) is 0 Å². The first-order valence-electron chi connectivity index (χ1n) is 11.6. The molecule has 168 valence electrons. The highest BCUT2D eigenvalue weighted by molar-refractivity contribution is 5.89. The third-order valence-electron chi connectivity index (χ3n) is 6.90. The van der Waals surface area contributed by atoms with Crippen LogP contribution in [0.15, 0.2) is 36.5 Å². The summed E-state index contributed by atoms with van der Waals surface area (Å²) in [5, 5.41) is 14.3. The second kappa shape index (κ2) is 8.51.